The van der Waals surface area contributed by atoms with Gasteiger partial charge in [-0.25, -0.2) is 0 Å². The number of hydrogen-bond acceptors (Lipinski definition) is 14. The van der Waals surface area contributed by atoms with Crippen molar-refractivity contribution < 1.29 is 67.0 Å². The zero-order valence-electron chi connectivity index (χ0n) is 29.5. The van der Waals surface area contributed by atoms with Gasteiger partial charge in [-0.05, 0) is 31.4 Å². The minimum Gasteiger partial charge on any atom is -0.461 e. The van der Waals surface area contributed by atoms with Crippen molar-refractivity contribution in [3.8, 4) is 0 Å². The fraction of sp³-hybridized carbons (Fsp3) is 0.714. The van der Waals surface area contributed by atoms with E-state index in [4.69, 9.17) is 33.2 Å². The average molecular weight is 693 g/mol. The molecule has 272 valence electrons. The Morgan fingerprint density at radius 2 is 1.55 bits per heavy atom. The summed E-state index contributed by atoms with van der Waals surface area (Å²) in [6, 6.07) is 0. The van der Waals surface area contributed by atoms with Gasteiger partial charge in [-0.2, -0.15) is 0 Å². The van der Waals surface area contributed by atoms with Gasteiger partial charge in [-0.1, -0.05) is 33.4 Å². The lowest BCUT2D eigenvalue weighted by Crippen LogP contribution is -2.75. The molecule has 0 aromatic rings. The van der Waals surface area contributed by atoms with E-state index in [0.717, 1.165) is 6.92 Å². The monoisotopic (exact) mass is 692 g/mol. The molecule has 12 atom stereocenters. The highest BCUT2D eigenvalue weighted by Crippen LogP contribution is 2.64. The number of carbonyl (C=O) groups is 6. The second-order valence-electron chi connectivity index (χ2n) is 14.3. The number of aliphatic hydroxyl groups is 1. The molecule has 2 heterocycles. The Morgan fingerprint density at radius 3 is 2.04 bits per heavy atom. The summed E-state index contributed by atoms with van der Waals surface area (Å²) in [6.45, 7) is 15.4. The quantitative estimate of drug-likeness (QED) is 0.210. The van der Waals surface area contributed by atoms with E-state index in [1.807, 2.05) is 13.8 Å². The summed E-state index contributed by atoms with van der Waals surface area (Å²) >= 11 is 0. The van der Waals surface area contributed by atoms with E-state index in [1.54, 1.807) is 6.92 Å². The summed E-state index contributed by atoms with van der Waals surface area (Å²) in [5.41, 5.74) is -5.50. The van der Waals surface area contributed by atoms with Crippen LogP contribution in [0.5, 0.6) is 0 Å². The third-order valence-corrected chi connectivity index (χ3v) is 10.3. The summed E-state index contributed by atoms with van der Waals surface area (Å²) in [7, 11) is 1.32. The molecular weight excluding hydrogens is 644 g/mol. The van der Waals surface area contributed by atoms with Gasteiger partial charge >= 0.3 is 29.8 Å². The summed E-state index contributed by atoms with van der Waals surface area (Å²) in [6.07, 6.45) is -5.74. The van der Waals surface area contributed by atoms with Crippen molar-refractivity contribution in [2.45, 2.75) is 116 Å². The van der Waals surface area contributed by atoms with Gasteiger partial charge < -0.3 is 43.1 Å². The van der Waals surface area contributed by atoms with Crippen LogP contribution in [0.15, 0.2) is 24.3 Å². The first-order chi connectivity index (χ1) is 22.7. The van der Waals surface area contributed by atoms with E-state index >= 15 is 0 Å². The van der Waals surface area contributed by atoms with Crippen LogP contribution in [0, 0.1) is 29.1 Å². The molecule has 1 saturated carbocycles. The highest BCUT2D eigenvalue weighted by atomic mass is 16.6. The molecule has 0 bridgehead atoms. The number of fused-ring (bicyclic) bond motifs is 3. The first-order valence-electron chi connectivity index (χ1n) is 16.4. The number of carbonyl (C=O) groups excluding carboxylic acids is 6. The average Bonchev–Trinajstić information content (AvgIpc) is 3.73. The predicted octanol–water partition coefficient (Wildman–Crippen LogP) is 2.17. The van der Waals surface area contributed by atoms with Crippen LogP contribution in [-0.4, -0.2) is 102 Å². The van der Waals surface area contributed by atoms with Gasteiger partial charge in [-0.3, -0.25) is 24.0 Å². The zero-order valence-corrected chi connectivity index (χ0v) is 29.5. The molecule has 4 rings (SSSR count). The molecular formula is C35H48O14. The van der Waals surface area contributed by atoms with Gasteiger partial charge in [-0.15, -0.1) is 0 Å². The first-order valence-corrected chi connectivity index (χ1v) is 16.4. The standard InChI is InChI=1S/C35H48O14/c1-16(2)13-25(40)48-28-23(14-18(4)36)29(46-21(7)38)34(15-44-34)27-31(47-22(8)39)35(42)19(5)32(41)49-30(35)26(43-10)17(3)11-12-24(33(27,28)9)45-20(6)37/h11-12,16,19,23-24,26-31,42H,3,13-15H2,1-2,4-10H3/b12-11-/t19-,23+,24-,26+,27+,28+,29+,30-,31-,33+,34-,35-/m0/s1. The van der Waals surface area contributed by atoms with Crippen LogP contribution in [0.2, 0.25) is 0 Å². The molecule has 3 fully saturated rings. The van der Waals surface area contributed by atoms with Crippen molar-refractivity contribution in [1.82, 2.24) is 0 Å². The molecule has 0 unspecified atom stereocenters. The molecule has 14 nitrogen and oxygen atoms in total. The molecule has 0 aromatic heterocycles. The van der Waals surface area contributed by atoms with Crippen molar-refractivity contribution in [3.63, 3.8) is 0 Å². The molecule has 0 amide bonds. The number of epoxide rings is 1. The smallest absolute Gasteiger partial charge is 0.312 e. The largest absolute Gasteiger partial charge is 0.461 e. The molecule has 1 spiro atoms. The maximum atomic E-state index is 13.6. The topological polar surface area (TPSA) is 191 Å². The maximum absolute atomic E-state index is 13.6. The van der Waals surface area contributed by atoms with Crippen LogP contribution >= 0.6 is 0 Å². The Hall–Kier alpha value is -3.62. The van der Waals surface area contributed by atoms with Crippen molar-refractivity contribution in [3.05, 3.63) is 24.3 Å². The Bertz CT molecular complexity index is 1410. The number of rotatable bonds is 9. The van der Waals surface area contributed by atoms with Gasteiger partial charge in [0.25, 0.3) is 0 Å². The normalized spacial score (nSPS) is 40.3. The number of esters is 5. The predicted molar refractivity (Wildman–Crippen MR) is 168 cm³/mol. The fourth-order valence-electron chi connectivity index (χ4n) is 8.27. The summed E-state index contributed by atoms with van der Waals surface area (Å²) < 4.78 is 41.9. The van der Waals surface area contributed by atoms with E-state index in [0.29, 0.717) is 0 Å². The number of ether oxygens (including phenoxy) is 7. The SMILES string of the molecule is C=C1/C=C\[C@H](OC(C)=O)[C@@]2(C)[C@H](OC(=O)CC(C)C)[C@@H](CC(C)=O)[C@@H](OC(C)=O)[C@]3(CO3)[C@@H]2[C@H](OC(C)=O)[C@]2(O)[C@@H](C)C(=O)O[C@H]2[C@@H]1OC. The van der Waals surface area contributed by atoms with Crippen LogP contribution < -0.4 is 0 Å². The third-order valence-electron chi connectivity index (χ3n) is 10.3. The molecule has 2 aliphatic carbocycles. The summed E-state index contributed by atoms with van der Waals surface area (Å²) in [5.74, 6) is -8.07. The van der Waals surface area contributed by atoms with E-state index in [1.165, 1.54) is 47.0 Å². The maximum Gasteiger partial charge on any atom is 0.312 e. The highest BCUT2D eigenvalue weighted by Gasteiger charge is 2.80. The molecule has 0 aromatic carbocycles. The Balaban J connectivity index is 2.18. The van der Waals surface area contributed by atoms with E-state index < -0.39 is 101 Å². The second kappa shape index (κ2) is 13.9. The molecule has 14 heteroatoms. The Kier molecular flexibility index (Phi) is 10.9. The molecule has 2 aliphatic heterocycles. The number of Topliss-reactive ketones (excluding diaryl/α,β-unsaturated/α-hetero) is 1. The van der Waals surface area contributed by atoms with Gasteiger partial charge in [0.2, 0.25) is 0 Å². The lowest BCUT2D eigenvalue weighted by atomic mass is 9.49. The van der Waals surface area contributed by atoms with Gasteiger partial charge in [0, 0.05) is 52.6 Å². The van der Waals surface area contributed by atoms with Crippen molar-refractivity contribution in [1.29, 1.82) is 0 Å². The fourth-order valence-corrected chi connectivity index (χ4v) is 8.27. The zero-order chi connectivity index (χ0) is 36.8. The Morgan fingerprint density at radius 1 is 0.980 bits per heavy atom. The Labute approximate surface area is 285 Å². The van der Waals surface area contributed by atoms with Crippen LogP contribution in [0.3, 0.4) is 0 Å². The lowest BCUT2D eigenvalue weighted by molar-refractivity contribution is -0.272. The number of hydrogen-bond donors (Lipinski definition) is 1. The van der Waals surface area contributed by atoms with Crippen LogP contribution in [0.4, 0.5) is 0 Å². The third kappa shape index (κ3) is 6.79. The van der Waals surface area contributed by atoms with Gasteiger partial charge in [0.1, 0.15) is 41.9 Å². The van der Waals surface area contributed by atoms with Crippen LogP contribution in [-0.2, 0) is 61.9 Å². The number of ketones is 1. The second-order valence-corrected chi connectivity index (χ2v) is 14.3. The molecule has 2 saturated heterocycles. The molecule has 4 aliphatic rings. The molecule has 49 heavy (non-hydrogen) atoms. The highest BCUT2D eigenvalue weighted by molar-refractivity contribution is 5.78. The van der Waals surface area contributed by atoms with Crippen molar-refractivity contribution in [2.75, 3.05) is 13.7 Å². The van der Waals surface area contributed by atoms with Gasteiger partial charge in [0.15, 0.2) is 11.7 Å². The summed E-state index contributed by atoms with van der Waals surface area (Å²) in [5, 5.41) is 12.9. The van der Waals surface area contributed by atoms with Crippen LogP contribution in [0.25, 0.3) is 0 Å². The lowest BCUT2D eigenvalue weighted by Gasteiger charge is -2.60. The van der Waals surface area contributed by atoms with E-state index in [-0.39, 0.29) is 36.7 Å². The van der Waals surface area contributed by atoms with Crippen molar-refractivity contribution >= 4 is 35.6 Å². The minimum absolute atomic E-state index is 0.0386. The first kappa shape index (κ1) is 38.2. The van der Waals surface area contributed by atoms with E-state index in [2.05, 4.69) is 6.58 Å². The minimum atomic E-state index is -2.37. The van der Waals surface area contributed by atoms with E-state index in [9.17, 15) is 33.9 Å². The van der Waals surface area contributed by atoms with Crippen LogP contribution in [0.1, 0.15) is 68.2 Å². The van der Waals surface area contributed by atoms with Crippen molar-refractivity contribution in [2.24, 2.45) is 29.1 Å². The molecule has 0 radical (unpaired) electrons. The van der Waals surface area contributed by atoms with Gasteiger partial charge in [0.05, 0.1) is 17.9 Å². The summed E-state index contributed by atoms with van der Waals surface area (Å²) in [4.78, 5) is 78.5. The molecule has 1 N–H and O–H groups in total. The number of methoxy groups -OCH3 is 1.